The van der Waals surface area contributed by atoms with Gasteiger partial charge in [0.25, 0.3) is 0 Å². The average molecular weight is 388 g/mol. The van der Waals surface area contributed by atoms with Crippen molar-refractivity contribution in [2.75, 3.05) is 6.61 Å². The van der Waals surface area contributed by atoms with E-state index in [0.29, 0.717) is 19.3 Å². The van der Waals surface area contributed by atoms with Gasteiger partial charge < -0.3 is 35.0 Å². The average Bonchev–Trinajstić information content (AvgIpc) is 2.95. The number of carbonyl (C=O) groups excluding carboxylic acids is 1. The molecule has 2 aliphatic rings. The second-order valence-corrected chi connectivity index (χ2v) is 7.17. The number of Topliss-reactive ketones (excluding diaryl/α,β-unsaturated/α-hetero) is 1. The zero-order valence-corrected chi connectivity index (χ0v) is 15.2. The maximum atomic E-state index is 12.0. The van der Waals surface area contributed by atoms with E-state index in [4.69, 9.17) is 14.6 Å². The highest BCUT2D eigenvalue weighted by Gasteiger charge is 2.44. The lowest BCUT2D eigenvalue weighted by atomic mass is 9.89. The molecule has 0 radical (unpaired) electrons. The molecule has 1 saturated carbocycles. The fourth-order valence-corrected chi connectivity index (χ4v) is 3.62. The summed E-state index contributed by atoms with van der Waals surface area (Å²) in [6.45, 7) is 1.13. The molecule has 5 N–H and O–H groups in total. The molecule has 0 spiro atoms. The van der Waals surface area contributed by atoms with Crippen LogP contribution in [0.4, 0.5) is 0 Å². The molecule has 2 rings (SSSR count). The lowest BCUT2D eigenvalue weighted by Gasteiger charge is -2.40. The molecule has 0 aromatic rings. The molecule has 1 heterocycles. The first-order valence-electron chi connectivity index (χ1n) is 9.11. The molecular weight excluding hydrogens is 360 g/mol. The standard InChI is InChI=1S/C18H28O9/c1-9(26-18-17(25)16(24)15(23)13(8-19)27-18)3-2-4-11-10(7-14(21)22)5-6-12(11)20/h2-3,9-11,13,15-19,23-25H,4-8H2,1H3,(H,21,22). The van der Waals surface area contributed by atoms with Crippen molar-refractivity contribution >= 4 is 11.8 Å². The lowest BCUT2D eigenvalue weighted by Crippen LogP contribution is -2.59. The highest BCUT2D eigenvalue weighted by atomic mass is 16.7. The van der Waals surface area contributed by atoms with E-state index in [1.807, 2.05) is 0 Å². The second-order valence-electron chi connectivity index (χ2n) is 7.17. The normalized spacial score (nSPS) is 38.4. The monoisotopic (exact) mass is 388 g/mol. The van der Waals surface area contributed by atoms with Crippen LogP contribution in [0.15, 0.2) is 12.2 Å². The van der Waals surface area contributed by atoms with E-state index in [-0.39, 0.29) is 24.0 Å². The molecule has 1 aliphatic carbocycles. The summed E-state index contributed by atoms with van der Waals surface area (Å²) in [7, 11) is 0. The first-order chi connectivity index (χ1) is 12.7. The minimum Gasteiger partial charge on any atom is -0.481 e. The zero-order valence-electron chi connectivity index (χ0n) is 15.2. The van der Waals surface area contributed by atoms with Gasteiger partial charge in [-0.3, -0.25) is 9.59 Å². The fraction of sp³-hybridized carbons (Fsp3) is 0.778. The Morgan fingerprint density at radius 2 is 2.00 bits per heavy atom. The minimum absolute atomic E-state index is 0.0266. The predicted molar refractivity (Wildman–Crippen MR) is 91.5 cm³/mol. The maximum Gasteiger partial charge on any atom is 0.303 e. The van der Waals surface area contributed by atoms with E-state index >= 15 is 0 Å². The van der Waals surface area contributed by atoms with Crippen molar-refractivity contribution in [2.45, 2.75) is 69.4 Å². The molecule has 0 aromatic carbocycles. The Kier molecular flexibility index (Phi) is 7.90. The summed E-state index contributed by atoms with van der Waals surface area (Å²) in [4.78, 5) is 22.9. The van der Waals surface area contributed by atoms with Crippen molar-refractivity contribution in [2.24, 2.45) is 11.8 Å². The Labute approximate surface area is 157 Å². The van der Waals surface area contributed by atoms with Gasteiger partial charge in [-0.15, -0.1) is 0 Å². The molecule has 8 unspecified atom stereocenters. The number of aliphatic carboxylic acids is 1. The van der Waals surface area contributed by atoms with Crippen LogP contribution >= 0.6 is 0 Å². The van der Waals surface area contributed by atoms with Crippen LogP contribution in [-0.4, -0.2) is 80.7 Å². The molecule has 9 heteroatoms. The van der Waals surface area contributed by atoms with E-state index in [0.717, 1.165) is 0 Å². The molecule has 2 fully saturated rings. The molecule has 9 nitrogen and oxygen atoms in total. The molecular formula is C18H28O9. The number of hydrogen-bond acceptors (Lipinski definition) is 8. The van der Waals surface area contributed by atoms with Crippen LogP contribution in [-0.2, 0) is 19.1 Å². The third kappa shape index (κ3) is 5.56. The molecule has 27 heavy (non-hydrogen) atoms. The first kappa shape index (κ1) is 21.9. The van der Waals surface area contributed by atoms with Crippen LogP contribution in [0.5, 0.6) is 0 Å². The summed E-state index contributed by atoms with van der Waals surface area (Å²) in [6.07, 6.45) is -2.50. The molecule has 0 amide bonds. The number of rotatable bonds is 8. The predicted octanol–water partition coefficient (Wildman–Crippen LogP) is -0.792. The van der Waals surface area contributed by atoms with Gasteiger partial charge in [-0.25, -0.2) is 0 Å². The first-order valence-corrected chi connectivity index (χ1v) is 9.11. The number of carbonyl (C=O) groups is 2. The summed E-state index contributed by atoms with van der Waals surface area (Å²) in [5, 5.41) is 47.6. The second kappa shape index (κ2) is 9.72. The number of hydrogen-bond donors (Lipinski definition) is 5. The molecule has 0 aromatic heterocycles. The molecule has 0 bridgehead atoms. The number of carboxylic acids is 1. The molecule has 1 saturated heterocycles. The Morgan fingerprint density at radius 3 is 2.63 bits per heavy atom. The molecule has 1 aliphatic heterocycles. The number of carboxylic acid groups (broad SMARTS) is 1. The topological polar surface area (TPSA) is 154 Å². The quantitative estimate of drug-likeness (QED) is 0.336. The third-order valence-electron chi connectivity index (χ3n) is 5.18. The van der Waals surface area contributed by atoms with Gasteiger partial charge >= 0.3 is 5.97 Å². The van der Waals surface area contributed by atoms with E-state index in [9.17, 15) is 30.0 Å². The Balaban J connectivity index is 1.88. The number of ketones is 1. The fourth-order valence-electron chi connectivity index (χ4n) is 3.62. The molecule has 154 valence electrons. The highest BCUT2D eigenvalue weighted by Crippen LogP contribution is 2.34. The van der Waals surface area contributed by atoms with Crippen molar-refractivity contribution in [3.05, 3.63) is 12.2 Å². The van der Waals surface area contributed by atoms with Gasteiger partial charge in [0.2, 0.25) is 0 Å². The van der Waals surface area contributed by atoms with E-state index in [2.05, 4.69) is 0 Å². The number of aliphatic hydroxyl groups is 4. The summed E-state index contributed by atoms with van der Waals surface area (Å²) in [6, 6.07) is 0. The Hall–Kier alpha value is -1.36. The van der Waals surface area contributed by atoms with Crippen molar-refractivity contribution in [1.29, 1.82) is 0 Å². The van der Waals surface area contributed by atoms with Crippen LogP contribution in [0.1, 0.15) is 32.6 Å². The smallest absolute Gasteiger partial charge is 0.303 e. The maximum absolute atomic E-state index is 12.0. The van der Waals surface area contributed by atoms with Crippen molar-refractivity contribution in [1.82, 2.24) is 0 Å². The van der Waals surface area contributed by atoms with E-state index < -0.39 is 49.4 Å². The van der Waals surface area contributed by atoms with Crippen molar-refractivity contribution in [3.63, 3.8) is 0 Å². The number of allylic oxidation sites excluding steroid dienone is 1. The number of ether oxygens (including phenoxy) is 2. The van der Waals surface area contributed by atoms with Crippen LogP contribution in [0, 0.1) is 11.8 Å². The van der Waals surface area contributed by atoms with Gasteiger partial charge in [-0.1, -0.05) is 12.2 Å². The van der Waals surface area contributed by atoms with Gasteiger partial charge in [-0.05, 0) is 25.7 Å². The Bertz CT molecular complexity index is 547. The van der Waals surface area contributed by atoms with Crippen molar-refractivity contribution < 1.29 is 44.6 Å². The van der Waals surface area contributed by atoms with Crippen LogP contribution in [0.25, 0.3) is 0 Å². The Morgan fingerprint density at radius 1 is 1.30 bits per heavy atom. The highest BCUT2D eigenvalue weighted by molar-refractivity contribution is 5.84. The van der Waals surface area contributed by atoms with Gasteiger partial charge in [0.1, 0.15) is 30.2 Å². The summed E-state index contributed by atoms with van der Waals surface area (Å²) in [5.74, 6) is -1.34. The SMILES string of the molecule is CC(C=CCC1C(=O)CCC1CC(=O)O)OC1OC(CO)C(O)C(O)C1O. The lowest BCUT2D eigenvalue weighted by molar-refractivity contribution is -0.306. The van der Waals surface area contributed by atoms with Crippen LogP contribution in [0.2, 0.25) is 0 Å². The number of aliphatic hydroxyl groups excluding tert-OH is 4. The third-order valence-corrected chi connectivity index (χ3v) is 5.18. The van der Waals surface area contributed by atoms with E-state index in [1.165, 1.54) is 0 Å². The summed E-state index contributed by atoms with van der Waals surface area (Å²) >= 11 is 0. The minimum atomic E-state index is -1.51. The van der Waals surface area contributed by atoms with Gasteiger partial charge in [0.05, 0.1) is 12.7 Å². The van der Waals surface area contributed by atoms with Gasteiger partial charge in [-0.2, -0.15) is 0 Å². The molecule has 8 atom stereocenters. The summed E-state index contributed by atoms with van der Waals surface area (Å²) < 4.78 is 10.8. The van der Waals surface area contributed by atoms with Gasteiger partial charge in [0, 0.05) is 18.8 Å². The van der Waals surface area contributed by atoms with Crippen LogP contribution < -0.4 is 0 Å². The van der Waals surface area contributed by atoms with Crippen molar-refractivity contribution in [3.8, 4) is 0 Å². The summed E-state index contributed by atoms with van der Waals surface area (Å²) in [5.41, 5.74) is 0. The zero-order chi connectivity index (χ0) is 20.1. The van der Waals surface area contributed by atoms with Crippen LogP contribution in [0.3, 0.4) is 0 Å². The van der Waals surface area contributed by atoms with Gasteiger partial charge in [0.15, 0.2) is 6.29 Å². The van der Waals surface area contributed by atoms with E-state index in [1.54, 1.807) is 19.1 Å². The largest absolute Gasteiger partial charge is 0.481 e.